The van der Waals surface area contributed by atoms with Gasteiger partial charge in [-0.2, -0.15) is 0 Å². The SMILES string of the molecule is CCS(=O)(=O)c1ccc(NC2CCCCCC2)cc1. The Bertz CT molecular complexity index is 485. The van der Waals surface area contributed by atoms with Crippen LogP contribution in [0, 0.1) is 0 Å². The van der Waals surface area contributed by atoms with Gasteiger partial charge in [0.15, 0.2) is 9.84 Å². The predicted octanol–water partition coefficient (Wildman–Crippen LogP) is 3.61. The molecule has 1 aromatic rings. The minimum Gasteiger partial charge on any atom is -0.382 e. The molecule has 0 spiro atoms. The van der Waals surface area contributed by atoms with Crippen LogP contribution in [0.2, 0.25) is 0 Å². The molecule has 1 saturated carbocycles. The molecule has 0 atom stereocenters. The first kappa shape index (κ1) is 14.4. The third-order valence-electron chi connectivity index (χ3n) is 3.82. The summed E-state index contributed by atoms with van der Waals surface area (Å²) in [6.45, 7) is 1.67. The fourth-order valence-corrected chi connectivity index (χ4v) is 3.47. The number of sulfone groups is 1. The normalized spacial score (nSPS) is 17.9. The van der Waals surface area contributed by atoms with E-state index in [2.05, 4.69) is 5.32 Å². The van der Waals surface area contributed by atoms with Gasteiger partial charge in [0.2, 0.25) is 0 Å². The van der Waals surface area contributed by atoms with E-state index in [1.807, 2.05) is 12.1 Å². The van der Waals surface area contributed by atoms with Crippen molar-refractivity contribution >= 4 is 15.5 Å². The van der Waals surface area contributed by atoms with Gasteiger partial charge in [-0.25, -0.2) is 8.42 Å². The Morgan fingerprint density at radius 2 is 1.63 bits per heavy atom. The van der Waals surface area contributed by atoms with Gasteiger partial charge in [-0.15, -0.1) is 0 Å². The second-order valence-electron chi connectivity index (χ2n) is 5.26. The summed E-state index contributed by atoms with van der Waals surface area (Å²) >= 11 is 0. The molecule has 1 fully saturated rings. The zero-order valence-electron chi connectivity index (χ0n) is 11.6. The fraction of sp³-hybridized carbons (Fsp3) is 0.600. The van der Waals surface area contributed by atoms with E-state index in [-0.39, 0.29) is 5.75 Å². The topological polar surface area (TPSA) is 46.2 Å². The standard InChI is InChI=1S/C15H23NO2S/c1-2-19(17,18)15-11-9-14(10-12-15)16-13-7-5-3-4-6-8-13/h9-13,16H,2-8H2,1H3. The predicted molar refractivity (Wildman–Crippen MR) is 79.3 cm³/mol. The van der Waals surface area contributed by atoms with Crippen molar-refractivity contribution in [3.63, 3.8) is 0 Å². The lowest BCUT2D eigenvalue weighted by Crippen LogP contribution is -2.18. The van der Waals surface area contributed by atoms with E-state index in [0.717, 1.165) is 5.69 Å². The Morgan fingerprint density at radius 3 is 2.16 bits per heavy atom. The van der Waals surface area contributed by atoms with Crippen LogP contribution in [-0.2, 0) is 9.84 Å². The Balaban J connectivity index is 2.02. The minimum atomic E-state index is -3.08. The van der Waals surface area contributed by atoms with Crippen molar-refractivity contribution in [2.75, 3.05) is 11.1 Å². The Hall–Kier alpha value is -1.03. The van der Waals surface area contributed by atoms with E-state index in [4.69, 9.17) is 0 Å². The molecule has 0 radical (unpaired) electrons. The van der Waals surface area contributed by atoms with Gasteiger partial charge in [0.25, 0.3) is 0 Å². The average molecular weight is 281 g/mol. The van der Waals surface area contributed by atoms with Crippen LogP contribution in [0.15, 0.2) is 29.2 Å². The molecule has 19 heavy (non-hydrogen) atoms. The largest absolute Gasteiger partial charge is 0.382 e. The number of anilines is 1. The van der Waals surface area contributed by atoms with Crippen molar-refractivity contribution in [1.82, 2.24) is 0 Å². The zero-order valence-corrected chi connectivity index (χ0v) is 12.4. The summed E-state index contributed by atoms with van der Waals surface area (Å²) in [5.74, 6) is 0.155. The maximum Gasteiger partial charge on any atom is 0.178 e. The van der Waals surface area contributed by atoms with Crippen molar-refractivity contribution in [1.29, 1.82) is 0 Å². The number of rotatable bonds is 4. The maximum atomic E-state index is 11.7. The van der Waals surface area contributed by atoms with Gasteiger partial charge in [-0.1, -0.05) is 32.6 Å². The third kappa shape index (κ3) is 3.96. The first-order chi connectivity index (χ1) is 9.12. The van der Waals surface area contributed by atoms with Crippen molar-refractivity contribution in [2.24, 2.45) is 0 Å². The van der Waals surface area contributed by atoms with Gasteiger partial charge < -0.3 is 5.32 Å². The zero-order chi connectivity index (χ0) is 13.7. The lowest BCUT2D eigenvalue weighted by atomic mass is 10.1. The fourth-order valence-electron chi connectivity index (χ4n) is 2.58. The average Bonchev–Trinajstić information content (AvgIpc) is 2.68. The van der Waals surface area contributed by atoms with E-state index in [1.54, 1.807) is 19.1 Å². The van der Waals surface area contributed by atoms with Gasteiger partial charge in [0, 0.05) is 11.7 Å². The molecule has 2 rings (SSSR count). The Labute approximate surface area is 116 Å². The molecule has 0 aliphatic heterocycles. The number of benzene rings is 1. The van der Waals surface area contributed by atoms with Crippen molar-refractivity contribution < 1.29 is 8.42 Å². The lowest BCUT2D eigenvalue weighted by Gasteiger charge is -2.17. The molecule has 0 bridgehead atoms. The molecule has 106 valence electrons. The highest BCUT2D eigenvalue weighted by molar-refractivity contribution is 7.91. The van der Waals surface area contributed by atoms with E-state index in [9.17, 15) is 8.42 Å². The van der Waals surface area contributed by atoms with Gasteiger partial charge >= 0.3 is 0 Å². The summed E-state index contributed by atoms with van der Waals surface area (Å²) in [6.07, 6.45) is 7.70. The molecule has 3 nitrogen and oxygen atoms in total. The Morgan fingerprint density at radius 1 is 1.05 bits per heavy atom. The molecular weight excluding hydrogens is 258 g/mol. The lowest BCUT2D eigenvalue weighted by molar-refractivity contribution is 0.597. The second kappa shape index (κ2) is 6.42. The minimum absolute atomic E-state index is 0.155. The van der Waals surface area contributed by atoms with E-state index < -0.39 is 9.84 Å². The number of hydrogen-bond acceptors (Lipinski definition) is 3. The smallest absolute Gasteiger partial charge is 0.178 e. The summed E-state index contributed by atoms with van der Waals surface area (Å²) < 4.78 is 23.5. The van der Waals surface area contributed by atoms with E-state index in [1.165, 1.54) is 38.5 Å². The molecule has 0 saturated heterocycles. The monoisotopic (exact) mass is 281 g/mol. The van der Waals surface area contributed by atoms with Crippen LogP contribution in [-0.4, -0.2) is 20.2 Å². The van der Waals surface area contributed by atoms with Crippen molar-refractivity contribution in [3.8, 4) is 0 Å². The molecular formula is C15H23NO2S. The summed E-state index contributed by atoms with van der Waals surface area (Å²) in [4.78, 5) is 0.418. The Kier molecular flexibility index (Phi) is 4.86. The molecule has 0 aromatic heterocycles. The molecule has 0 unspecified atom stereocenters. The molecule has 1 aromatic carbocycles. The van der Waals surface area contributed by atoms with Crippen LogP contribution in [0.25, 0.3) is 0 Å². The third-order valence-corrected chi connectivity index (χ3v) is 5.57. The van der Waals surface area contributed by atoms with Crippen molar-refractivity contribution in [3.05, 3.63) is 24.3 Å². The highest BCUT2D eigenvalue weighted by Crippen LogP contribution is 2.22. The first-order valence-electron chi connectivity index (χ1n) is 7.21. The van der Waals surface area contributed by atoms with Gasteiger partial charge in [-0.3, -0.25) is 0 Å². The van der Waals surface area contributed by atoms with Crippen molar-refractivity contribution in [2.45, 2.75) is 56.4 Å². The molecule has 0 heterocycles. The van der Waals surface area contributed by atoms with Gasteiger partial charge in [0.1, 0.15) is 0 Å². The first-order valence-corrected chi connectivity index (χ1v) is 8.86. The van der Waals surface area contributed by atoms with E-state index in [0.29, 0.717) is 10.9 Å². The highest BCUT2D eigenvalue weighted by Gasteiger charge is 2.13. The van der Waals surface area contributed by atoms with Gasteiger partial charge in [0.05, 0.1) is 10.6 Å². The van der Waals surface area contributed by atoms with E-state index >= 15 is 0 Å². The van der Waals surface area contributed by atoms with Gasteiger partial charge in [-0.05, 0) is 37.1 Å². The maximum absolute atomic E-state index is 11.7. The summed E-state index contributed by atoms with van der Waals surface area (Å²) in [5.41, 5.74) is 1.03. The summed E-state index contributed by atoms with van der Waals surface area (Å²) in [6, 6.07) is 7.72. The van der Waals surface area contributed by atoms with Crippen LogP contribution >= 0.6 is 0 Å². The van der Waals surface area contributed by atoms with Crippen LogP contribution in [0.3, 0.4) is 0 Å². The quantitative estimate of drug-likeness (QED) is 0.857. The number of nitrogens with one attached hydrogen (secondary N) is 1. The summed E-state index contributed by atoms with van der Waals surface area (Å²) in [7, 11) is -3.08. The molecule has 4 heteroatoms. The van der Waals surface area contributed by atoms with Crippen LogP contribution in [0.1, 0.15) is 45.4 Å². The summed E-state index contributed by atoms with van der Waals surface area (Å²) in [5, 5.41) is 3.52. The second-order valence-corrected chi connectivity index (χ2v) is 7.54. The molecule has 0 amide bonds. The van der Waals surface area contributed by atoms with Crippen LogP contribution < -0.4 is 5.32 Å². The van der Waals surface area contributed by atoms with Crippen LogP contribution in [0.4, 0.5) is 5.69 Å². The molecule has 1 N–H and O–H groups in total. The molecule has 1 aliphatic rings. The number of hydrogen-bond donors (Lipinski definition) is 1. The molecule has 1 aliphatic carbocycles. The highest BCUT2D eigenvalue weighted by atomic mass is 32.2. The van der Waals surface area contributed by atoms with Crippen LogP contribution in [0.5, 0.6) is 0 Å².